The van der Waals surface area contributed by atoms with E-state index in [4.69, 9.17) is 5.11 Å². The van der Waals surface area contributed by atoms with Crippen molar-refractivity contribution in [3.63, 3.8) is 0 Å². The van der Waals surface area contributed by atoms with E-state index in [1.807, 2.05) is 0 Å². The lowest BCUT2D eigenvalue weighted by molar-refractivity contribution is 0.0946. The van der Waals surface area contributed by atoms with Crippen LogP contribution in [0.4, 0.5) is 8.78 Å². The van der Waals surface area contributed by atoms with Crippen LogP contribution in [0.5, 0.6) is 0 Å². The monoisotopic (exact) mass is 277 g/mol. The molecule has 2 aromatic rings. The Balaban J connectivity index is 2.06. The van der Waals surface area contributed by atoms with E-state index in [1.165, 1.54) is 12.1 Å². The molecule has 0 saturated heterocycles. The van der Waals surface area contributed by atoms with Crippen LogP contribution in [0.25, 0.3) is 0 Å². The molecule has 0 atom stereocenters. The second kappa shape index (κ2) is 6.25. The maximum absolute atomic E-state index is 13.4. The Bertz CT molecular complexity index is 629. The minimum atomic E-state index is -1.16. The third-order valence-corrected chi connectivity index (χ3v) is 2.82. The zero-order valence-corrected chi connectivity index (χ0v) is 10.6. The second-order valence-electron chi connectivity index (χ2n) is 4.26. The first-order valence-electron chi connectivity index (χ1n) is 6.02. The normalized spacial score (nSPS) is 10.3. The summed E-state index contributed by atoms with van der Waals surface area (Å²) < 4.78 is 26.4. The Hall–Kier alpha value is -2.27. The third-order valence-electron chi connectivity index (χ3n) is 2.82. The number of aliphatic hydroxyl groups excluding tert-OH is 1. The van der Waals surface area contributed by atoms with Gasteiger partial charge in [-0.3, -0.25) is 4.79 Å². The van der Waals surface area contributed by atoms with E-state index < -0.39 is 17.5 Å². The molecule has 0 aromatic heterocycles. The highest BCUT2D eigenvalue weighted by Gasteiger charge is 2.14. The Kier molecular flexibility index (Phi) is 4.42. The number of hydrogen-bond donors (Lipinski definition) is 2. The summed E-state index contributed by atoms with van der Waals surface area (Å²) in [4.78, 5) is 11.8. The summed E-state index contributed by atoms with van der Waals surface area (Å²) in [5, 5.41) is 11.5. The van der Waals surface area contributed by atoms with Crippen LogP contribution in [0.15, 0.2) is 42.5 Å². The Labute approximate surface area is 114 Å². The smallest absolute Gasteiger partial charge is 0.254 e. The van der Waals surface area contributed by atoms with Gasteiger partial charge in [0.1, 0.15) is 0 Å². The van der Waals surface area contributed by atoms with Crippen molar-refractivity contribution in [2.24, 2.45) is 0 Å². The minimum absolute atomic E-state index is 0.0969. The molecule has 20 heavy (non-hydrogen) atoms. The summed E-state index contributed by atoms with van der Waals surface area (Å²) >= 11 is 0. The fourth-order valence-electron chi connectivity index (χ4n) is 1.79. The molecular weight excluding hydrogens is 264 g/mol. The van der Waals surface area contributed by atoms with Gasteiger partial charge in [0.05, 0.1) is 12.2 Å². The number of carbonyl (C=O) groups is 1. The first kappa shape index (κ1) is 14.1. The van der Waals surface area contributed by atoms with Gasteiger partial charge in [-0.15, -0.1) is 0 Å². The fraction of sp³-hybridized carbons (Fsp3) is 0.133. The van der Waals surface area contributed by atoms with Crippen LogP contribution in [0.2, 0.25) is 0 Å². The van der Waals surface area contributed by atoms with Crippen molar-refractivity contribution in [1.29, 1.82) is 0 Å². The SMILES string of the molecule is O=C(NCc1cccc(CO)c1)c1cccc(F)c1F. The van der Waals surface area contributed by atoms with Crippen molar-refractivity contribution in [2.45, 2.75) is 13.2 Å². The van der Waals surface area contributed by atoms with E-state index in [2.05, 4.69) is 5.32 Å². The number of aliphatic hydroxyl groups is 1. The van der Waals surface area contributed by atoms with Gasteiger partial charge in [-0.05, 0) is 23.3 Å². The molecule has 0 unspecified atom stereocenters. The molecule has 1 amide bonds. The molecule has 5 heteroatoms. The zero-order chi connectivity index (χ0) is 14.5. The molecule has 0 spiro atoms. The molecule has 2 aromatic carbocycles. The molecular formula is C15H13F2NO2. The number of hydrogen-bond acceptors (Lipinski definition) is 2. The average Bonchev–Trinajstić information content (AvgIpc) is 2.48. The topological polar surface area (TPSA) is 49.3 Å². The van der Waals surface area contributed by atoms with Gasteiger partial charge >= 0.3 is 0 Å². The van der Waals surface area contributed by atoms with Crippen LogP contribution in [0.1, 0.15) is 21.5 Å². The predicted molar refractivity (Wildman–Crippen MR) is 69.9 cm³/mol. The molecule has 0 heterocycles. The van der Waals surface area contributed by atoms with Crippen molar-refractivity contribution < 1.29 is 18.7 Å². The van der Waals surface area contributed by atoms with Crippen molar-refractivity contribution in [1.82, 2.24) is 5.32 Å². The number of nitrogens with one attached hydrogen (secondary N) is 1. The van der Waals surface area contributed by atoms with E-state index in [0.717, 1.165) is 11.6 Å². The van der Waals surface area contributed by atoms with E-state index in [9.17, 15) is 13.6 Å². The van der Waals surface area contributed by atoms with Crippen molar-refractivity contribution in [3.05, 3.63) is 70.8 Å². The quantitative estimate of drug-likeness (QED) is 0.901. The van der Waals surface area contributed by atoms with Gasteiger partial charge in [-0.1, -0.05) is 30.3 Å². The highest BCUT2D eigenvalue weighted by Crippen LogP contribution is 2.11. The van der Waals surface area contributed by atoms with Crippen LogP contribution in [0, 0.1) is 11.6 Å². The summed E-state index contributed by atoms with van der Waals surface area (Å²) in [5.74, 6) is -2.90. The highest BCUT2D eigenvalue weighted by atomic mass is 19.2. The molecule has 104 valence electrons. The van der Waals surface area contributed by atoms with Crippen LogP contribution in [-0.4, -0.2) is 11.0 Å². The number of carbonyl (C=O) groups excluding carboxylic acids is 1. The average molecular weight is 277 g/mol. The van der Waals surface area contributed by atoms with Crippen molar-refractivity contribution in [2.75, 3.05) is 0 Å². The van der Waals surface area contributed by atoms with E-state index in [1.54, 1.807) is 24.3 Å². The Morgan fingerprint density at radius 1 is 1.10 bits per heavy atom. The number of halogens is 2. The first-order valence-corrected chi connectivity index (χ1v) is 6.02. The lowest BCUT2D eigenvalue weighted by Crippen LogP contribution is -2.24. The molecule has 0 bridgehead atoms. The molecule has 0 aliphatic carbocycles. The predicted octanol–water partition coefficient (Wildman–Crippen LogP) is 2.39. The van der Waals surface area contributed by atoms with Crippen LogP contribution >= 0.6 is 0 Å². The van der Waals surface area contributed by atoms with Gasteiger partial charge in [0, 0.05) is 6.54 Å². The lowest BCUT2D eigenvalue weighted by Gasteiger charge is -2.07. The molecule has 0 saturated carbocycles. The summed E-state index contributed by atoms with van der Waals surface area (Å²) in [6.45, 7) is 0.0724. The molecule has 2 rings (SSSR count). The number of benzene rings is 2. The Morgan fingerprint density at radius 2 is 1.80 bits per heavy atom. The van der Waals surface area contributed by atoms with Crippen molar-refractivity contribution >= 4 is 5.91 Å². The van der Waals surface area contributed by atoms with Gasteiger partial charge in [0.25, 0.3) is 5.91 Å². The van der Waals surface area contributed by atoms with Gasteiger partial charge in [0.15, 0.2) is 11.6 Å². The first-order chi connectivity index (χ1) is 9.61. The number of rotatable bonds is 4. The maximum atomic E-state index is 13.4. The standard InChI is InChI=1S/C15H13F2NO2/c16-13-6-2-5-12(14(13)17)15(20)18-8-10-3-1-4-11(7-10)9-19/h1-7,19H,8-9H2,(H,18,20). The van der Waals surface area contributed by atoms with Crippen molar-refractivity contribution in [3.8, 4) is 0 Å². The zero-order valence-electron chi connectivity index (χ0n) is 10.6. The van der Waals surface area contributed by atoms with Crippen LogP contribution < -0.4 is 5.32 Å². The summed E-state index contributed by atoms with van der Waals surface area (Å²) in [7, 11) is 0. The highest BCUT2D eigenvalue weighted by molar-refractivity contribution is 5.94. The molecule has 3 nitrogen and oxygen atoms in total. The number of amides is 1. The lowest BCUT2D eigenvalue weighted by atomic mass is 10.1. The molecule has 2 N–H and O–H groups in total. The van der Waals surface area contributed by atoms with Crippen LogP contribution in [-0.2, 0) is 13.2 Å². The van der Waals surface area contributed by atoms with E-state index in [0.29, 0.717) is 5.56 Å². The van der Waals surface area contributed by atoms with E-state index >= 15 is 0 Å². The second-order valence-corrected chi connectivity index (χ2v) is 4.26. The summed E-state index contributed by atoms with van der Waals surface area (Å²) in [6, 6.07) is 10.4. The molecule has 0 aliphatic heterocycles. The van der Waals surface area contributed by atoms with Crippen LogP contribution in [0.3, 0.4) is 0 Å². The minimum Gasteiger partial charge on any atom is -0.392 e. The van der Waals surface area contributed by atoms with Gasteiger partial charge in [0.2, 0.25) is 0 Å². The summed E-state index contributed by atoms with van der Waals surface area (Å²) in [5.41, 5.74) is 1.15. The largest absolute Gasteiger partial charge is 0.392 e. The third kappa shape index (κ3) is 3.19. The van der Waals surface area contributed by atoms with Gasteiger partial charge < -0.3 is 10.4 Å². The molecule has 0 aliphatic rings. The maximum Gasteiger partial charge on any atom is 0.254 e. The molecule has 0 radical (unpaired) electrons. The fourth-order valence-corrected chi connectivity index (χ4v) is 1.79. The van der Waals surface area contributed by atoms with E-state index in [-0.39, 0.29) is 18.7 Å². The van der Waals surface area contributed by atoms with Gasteiger partial charge in [-0.25, -0.2) is 8.78 Å². The summed E-state index contributed by atoms with van der Waals surface area (Å²) in [6.07, 6.45) is 0. The Morgan fingerprint density at radius 3 is 2.55 bits per heavy atom. The molecule has 0 fully saturated rings. The van der Waals surface area contributed by atoms with Gasteiger partial charge in [-0.2, -0.15) is 0 Å².